The summed E-state index contributed by atoms with van der Waals surface area (Å²) in [6.07, 6.45) is 5.43. The van der Waals surface area contributed by atoms with Crippen molar-refractivity contribution in [3.05, 3.63) is 11.6 Å². The van der Waals surface area contributed by atoms with Gasteiger partial charge in [-0.2, -0.15) is 0 Å². The van der Waals surface area contributed by atoms with Crippen molar-refractivity contribution in [1.29, 1.82) is 0 Å². The molecule has 1 aliphatic carbocycles. The average Bonchev–Trinajstić information content (AvgIpc) is 2.68. The number of nitrogens with zero attached hydrogens (tertiary/aromatic N) is 3. The van der Waals surface area contributed by atoms with Crippen LogP contribution in [-0.2, 0) is 13.6 Å². The molecule has 0 saturated heterocycles. The van der Waals surface area contributed by atoms with Crippen molar-refractivity contribution in [2.45, 2.75) is 59.0 Å². The molecule has 1 saturated carbocycles. The van der Waals surface area contributed by atoms with Gasteiger partial charge in [-0.25, -0.2) is 0 Å². The van der Waals surface area contributed by atoms with Crippen molar-refractivity contribution in [3.63, 3.8) is 0 Å². The highest BCUT2D eigenvalue weighted by Crippen LogP contribution is 2.30. The van der Waals surface area contributed by atoms with E-state index in [0.717, 1.165) is 30.0 Å². The van der Waals surface area contributed by atoms with Crippen LogP contribution in [0, 0.1) is 18.8 Å². The minimum atomic E-state index is 0.649. The third-order valence-electron chi connectivity index (χ3n) is 4.38. The van der Waals surface area contributed by atoms with E-state index in [2.05, 4.69) is 33.9 Å². The molecule has 0 radical (unpaired) electrons. The van der Waals surface area contributed by atoms with Gasteiger partial charge in [-0.05, 0) is 31.6 Å². The van der Waals surface area contributed by atoms with Crippen LogP contribution in [0.15, 0.2) is 0 Å². The zero-order chi connectivity index (χ0) is 13.1. The van der Waals surface area contributed by atoms with Crippen molar-refractivity contribution in [1.82, 2.24) is 20.1 Å². The van der Waals surface area contributed by atoms with Gasteiger partial charge >= 0.3 is 0 Å². The lowest BCUT2D eigenvalue weighted by Crippen LogP contribution is -2.40. The highest BCUT2D eigenvalue weighted by atomic mass is 15.3. The van der Waals surface area contributed by atoms with Gasteiger partial charge in [-0.15, -0.1) is 10.2 Å². The summed E-state index contributed by atoms with van der Waals surface area (Å²) in [6, 6.07) is 0.649. The predicted molar refractivity (Wildman–Crippen MR) is 73.2 cm³/mol. The van der Waals surface area contributed by atoms with E-state index in [4.69, 9.17) is 0 Å². The molecule has 2 atom stereocenters. The molecule has 1 fully saturated rings. The second kappa shape index (κ2) is 5.83. The van der Waals surface area contributed by atoms with E-state index >= 15 is 0 Å². The maximum absolute atomic E-state index is 4.22. The zero-order valence-corrected chi connectivity index (χ0v) is 12.1. The van der Waals surface area contributed by atoms with E-state index in [1.165, 1.54) is 25.7 Å². The number of rotatable bonds is 4. The first-order valence-corrected chi connectivity index (χ1v) is 7.18. The van der Waals surface area contributed by atoms with Crippen LogP contribution in [0.1, 0.15) is 51.2 Å². The van der Waals surface area contributed by atoms with Crippen molar-refractivity contribution >= 4 is 0 Å². The molecular formula is C14H26N4. The number of aromatic nitrogens is 3. The van der Waals surface area contributed by atoms with Gasteiger partial charge in [-0.3, -0.25) is 0 Å². The first-order chi connectivity index (χ1) is 8.59. The number of hydrogen-bond acceptors (Lipinski definition) is 3. The number of aryl methyl sites for hydroxylation is 1. The maximum Gasteiger partial charge on any atom is 0.146 e. The van der Waals surface area contributed by atoms with Crippen LogP contribution in [0.5, 0.6) is 0 Å². The minimum Gasteiger partial charge on any atom is -0.317 e. The summed E-state index contributed by atoms with van der Waals surface area (Å²) in [4.78, 5) is 0. The molecule has 0 amide bonds. The van der Waals surface area contributed by atoms with Gasteiger partial charge in [0.25, 0.3) is 0 Å². The monoisotopic (exact) mass is 250 g/mol. The van der Waals surface area contributed by atoms with Crippen molar-refractivity contribution in [2.75, 3.05) is 0 Å². The van der Waals surface area contributed by atoms with Crippen molar-refractivity contribution in [3.8, 4) is 0 Å². The summed E-state index contributed by atoms with van der Waals surface area (Å²) in [5, 5.41) is 12.0. The van der Waals surface area contributed by atoms with Crippen LogP contribution in [0.4, 0.5) is 0 Å². The van der Waals surface area contributed by atoms with Gasteiger partial charge in [0, 0.05) is 13.1 Å². The van der Waals surface area contributed by atoms with Crippen LogP contribution in [-0.4, -0.2) is 20.8 Å². The molecule has 0 aliphatic heterocycles. The first-order valence-electron chi connectivity index (χ1n) is 7.18. The molecular weight excluding hydrogens is 224 g/mol. The fraction of sp³-hybridized carbons (Fsp3) is 0.857. The maximum atomic E-state index is 4.22. The number of nitrogens with one attached hydrogen (secondary N) is 1. The van der Waals surface area contributed by atoms with Crippen molar-refractivity contribution in [2.24, 2.45) is 18.9 Å². The molecule has 1 heterocycles. The topological polar surface area (TPSA) is 42.7 Å². The van der Waals surface area contributed by atoms with E-state index in [0.29, 0.717) is 6.04 Å². The molecule has 4 heteroatoms. The lowest BCUT2D eigenvalue weighted by molar-refractivity contribution is 0.203. The lowest BCUT2D eigenvalue weighted by Gasteiger charge is -2.35. The van der Waals surface area contributed by atoms with Crippen LogP contribution >= 0.6 is 0 Å². The summed E-state index contributed by atoms with van der Waals surface area (Å²) in [5.74, 6) is 3.61. The second-order valence-corrected chi connectivity index (χ2v) is 5.90. The predicted octanol–water partition coefficient (Wildman–Crippen LogP) is 2.43. The smallest absolute Gasteiger partial charge is 0.146 e. The van der Waals surface area contributed by atoms with Crippen LogP contribution in [0.3, 0.4) is 0 Å². The van der Waals surface area contributed by atoms with E-state index in [9.17, 15) is 0 Å². The SMILES string of the molecule is Cc1nnc(CNC2CCCCC2C(C)C)n1C. The Hall–Kier alpha value is -0.900. The first kappa shape index (κ1) is 13.5. The van der Waals surface area contributed by atoms with Crippen LogP contribution < -0.4 is 5.32 Å². The molecule has 102 valence electrons. The van der Waals surface area contributed by atoms with E-state index < -0.39 is 0 Å². The van der Waals surface area contributed by atoms with Gasteiger partial charge in [0.15, 0.2) is 0 Å². The third kappa shape index (κ3) is 2.91. The number of hydrogen-bond donors (Lipinski definition) is 1. The second-order valence-electron chi connectivity index (χ2n) is 5.90. The summed E-state index contributed by atoms with van der Waals surface area (Å²) >= 11 is 0. The molecule has 0 spiro atoms. The fourth-order valence-electron chi connectivity index (χ4n) is 3.04. The summed E-state index contributed by atoms with van der Waals surface area (Å²) in [6.45, 7) is 7.52. The summed E-state index contributed by atoms with van der Waals surface area (Å²) in [5.41, 5.74) is 0. The van der Waals surface area contributed by atoms with Gasteiger partial charge in [0.1, 0.15) is 11.6 Å². The fourth-order valence-corrected chi connectivity index (χ4v) is 3.04. The molecule has 1 aromatic heterocycles. The lowest BCUT2D eigenvalue weighted by atomic mass is 9.78. The molecule has 18 heavy (non-hydrogen) atoms. The van der Waals surface area contributed by atoms with Gasteiger partial charge < -0.3 is 9.88 Å². The molecule has 0 bridgehead atoms. The molecule has 4 nitrogen and oxygen atoms in total. The van der Waals surface area contributed by atoms with E-state index in [1.807, 2.05) is 14.0 Å². The molecule has 0 aromatic carbocycles. The Morgan fingerprint density at radius 1 is 1.28 bits per heavy atom. The van der Waals surface area contributed by atoms with Crippen LogP contribution in [0.2, 0.25) is 0 Å². The van der Waals surface area contributed by atoms with Gasteiger partial charge in [0.2, 0.25) is 0 Å². The molecule has 2 unspecified atom stereocenters. The Kier molecular flexibility index (Phi) is 4.38. The highest BCUT2D eigenvalue weighted by molar-refractivity contribution is 4.93. The quantitative estimate of drug-likeness (QED) is 0.892. The van der Waals surface area contributed by atoms with Crippen molar-refractivity contribution < 1.29 is 0 Å². The Labute approximate surface area is 110 Å². The van der Waals surface area contributed by atoms with E-state index in [1.54, 1.807) is 0 Å². The Bertz CT molecular complexity index is 383. The summed E-state index contributed by atoms with van der Waals surface area (Å²) in [7, 11) is 2.03. The standard InChI is InChI=1S/C14H26N4/c1-10(2)12-7-5-6-8-13(12)15-9-14-17-16-11(3)18(14)4/h10,12-13,15H,5-9H2,1-4H3. The Balaban J connectivity index is 1.94. The normalized spacial score (nSPS) is 24.7. The van der Waals surface area contributed by atoms with E-state index in [-0.39, 0.29) is 0 Å². The molecule has 1 aliphatic rings. The zero-order valence-electron chi connectivity index (χ0n) is 12.1. The minimum absolute atomic E-state index is 0.649. The largest absolute Gasteiger partial charge is 0.317 e. The molecule has 1 N–H and O–H groups in total. The van der Waals surface area contributed by atoms with Gasteiger partial charge in [-0.1, -0.05) is 26.7 Å². The average molecular weight is 250 g/mol. The third-order valence-corrected chi connectivity index (χ3v) is 4.38. The summed E-state index contributed by atoms with van der Waals surface area (Å²) < 4.78 is 2.07. The Morgan fingerprint density at radius 3 is 2.61 bits per heavy atom. The highest BCUT2D eigenvalue weighted by Gasteiger charge is 2.27. The van der Waals surface area contributed by atoms with Crippen LogP contribution in [0.25, 0.3) is 0 Å². The molecule has 1 aromatic rings. The van der Waals surface area contributed by atoms with Gasteiger partial charge in [0.05, 0.1) is 6.54 Å². The molecule has 2 rings (SSSR count). The Morgan fingerprint density at radius 2 is 2.00 bits per heavy atom.